The van der Waals surface area contributed by atoms with Crippen LogP contribution >= 0.6 is 23.1 Å². The Bertz CT molecular complexity index is 709. The number of aromatic nitrogens is 1. The van der Waals surface area contributed by atoms with Gasteiger partial charge in [-0.05, 0) is 42.9 Å². The molecule has 5 heterocycles. The number of H-pyrrole nitrogens is 1. The van der Waals surface area contributed by atoms with Gasteiger partial charge in [0.2, 0.25) is 0 Å². The third-order valence-corrected chi connectivity index (χ3v) is 7.51. The number of hydrogen-bond acceptors (Lipinski definition) is 5. The first kappa shape index (κ1) is 16.4. The molecular weight excluding hydrogens is 354 g/mol. The third kappa shape index (κ3) is 2.98. The minimum absolute atomic E-state index is 0.140. The average molecular weight is 378 g/mol. The number of ether oxygens (including phenoxy) is 3. The van der Waals surface area contributed by atoms with E-state index in [1.54, 1.807) is 11.3 Å². The van der Waals surface area contributed by atoms with Gasteiger partial charge in [-0.1, -0.05) is 6.07 Å². The van der Waals surface area contributed by atoms with Crippen molar-refractivity contribution in [2.45, 2.75) is 43.3 Å². The number of hydrogen-bond donors (Lipinski definition) is 1. The van der Waals surface area contributed by atoms with E-state index < -0.39 is 0 Å². The molecule has 1 N–H and O–H groups in total. The number of thioether (sulfide) groups is 1. The quantitative estimate of drug-likeness (QED) is 0.794. The van der Waals surface area contributed by atoms with E-state index in [9.17, 15) is 0 Å². The minimum Gasteiger partial charge on any atom is -0.372 e. The SMILES string of the molecule is c1csc(-c2c(C3CCCS3)[nH]c(C3CCCO3)c2C2OCCO2)c1. The van der Waals surface area contributed by atoms with Crippen LogP contribution in [0.15, 0.2) is 17.5 Å². The van der Waals surface area contributed by atoms with Crippen LogP contribution in [0.4, 0.5) is 0 Å². The first-order valence-corrected chi connectivity index (χ1v) is 11.1. The van der Waals surface area contributed by atoms with Crippen molar-refractivity contribution in [3.05, 3.63) is 34.5 Å². The van der Waals surface area contributed by atoms with Gasteiger partial charge in [-0.2, -0.15) is 11.8 Å². The average Bonchev–Trinajstić information content (AvgIpc) is 3.48. The molecule has 3 aliphatic heterocycles. The van der Waals surface area contributed by atoms with Gasteiger partial charge in [-0.25, -0.2) is 0 Å². The van der Waals surface area contributed by atoms with Crippen molar-refractivity contribution in [1.82, 2.24) is 4.98 Å². The molecule has 0 aliphatic carbocycles. The Morgan fingerprint density at radius 3 is 2.60 bits per heavy atom. The Labute approximate surface area is 156 Å². The fraction of sp³-hybridized carbons (Fsp3) is 0.579. The van der Waals surface area contributed by atoms with Crippen LogP contribution < -0.4 is 0 Å². The molecule has 3 aliphatic rings. The van der Waals surface area contributed by atoms with Gasteiger partial charge in [-0.3, -0.25) is 0 Å². The standard InChI is InChI=1S/C19H23NO3S2/c1-4-12(21-7-1)17-16(19-22-8-9-23-19)15(13-5-2-10-24-13)18(20-17)14-6-3-11-25-14/h2,5,10,12,14,19-20H,1,3-4,6-9,11H2. The lowest BCUT2D eigenvalue weighted by Gasteiger charge is -2.16. The zero-order valence-corrected chi connectivity index (χ0v) is 15.8. The predicted molar refractivity (Wildman–Crippen MR) is 101 cm³/mol. The summed E-state index contributed by atoms with van der Waals surface area (Å²) in [6, 6.07) is 4.35. The summed E-state index contributed by atoms with van der Waals surface area (Å²) in [5.74, 6) is 1.24. The first-order chi connectivity index (χ1) is 12.4. The van der Waals surface area contributed by atoms with Crippen molar-refractivity contribution in [1.29, 1.82) is 0 Å². The zero-order chi connectivity index (χ0) is 16.6. The van der Waals surface area contributed by atoms with E-state index in [-0.39, 0.29) is 12.4 Å². The summed E-state index contributed by atoms with van der Waals surface area (Å²) in [5, 5.41) is 2.69. The first-order valence-electron chi connectivity index (χ1n) is 9.18. The van der Waals surface area contributed by atoms with Gasteiger partial charge in [0, 0.05) is 33.6 Å². The van der Waals surface area contributed by atoms with E-state index in [2.05, 4.69) is 34.3 Å². The third-order valence-electron chi connectivity index (χ3n) is 5.23. The smallest absolute Gasteiger partial charge is 0.186 e. The summed E-state index contributed by atoms with van der Waals surface area (Å²) in [4.78, 5) is 5.10. The molecule has 5 rings (SSSR count). The molecule has 0 bridgehead atoms. The molecule has 2 unspecified atom stereocenters. The number of thiophene rings is 1. The highest BCUT2D eigenvalue weighted by Crippen LogP contribution is 2.50. The molecule has 2 atom stereocenters. The van der Waals surface area contributed by atoms with Crippen LogP contribution in [0.5, 0.6) is 0 Å². The maximum Gasteiger partial charge on any atom is 0.186 e. The normalized spacial score (nSPS) is 27.5. The van der Waals surface area contributed by atoms with E-state index >= 15 is 0 Å². The molecule has 25 heavy (non-hydrogen) atoms. The Morgan fingerprint density at radius 2 is 1.92 bits per heavy atom. The number of nitrogens with one attached hydrogen (secondary N) is 1. The maximum atomic E-state index is 6.04. The summed E-state index contributed by atoms with van der Waals surface area (Å²) >= 11 is 3.86. The van der Waals surface area contributed by atoms with Gasteiger partial charge < -0.3 is 19.2 Å². The zero-order valence-electron chi connectivity index (χ0n) is 14.2. The van der Waals surface area contributed by atoms with E-state index in [0.717, 1.165) is 19.4 Å². The fourth-order valence-corrected chi connectivity index (χ4v) is 6.21. The van der Waals surface area contributed by atoms with Crippen molar-refractivity contribution in [3.8, 4) is 10.4 Å². The van der Waals surface area contributed by atoms with Crippen LogP contribution in [-0.2, 0) is 14.2 Å². The summed E-state index contributed by atoms with van der Waals surface area (Å²) in [5.41, 5.74) is 5.04. The van der Waals surface area contributed by atoms with Gasteiger partial charge in [0.1, 0.15) is 0 Å². The van der Waals surface area contributed by atoms with Crippen molar-refractivity contribution >= 4 is 23.1 Å². The topological polar surface area (TPSA) is 43.5 Å². The Balaban J connectivity index is 1.68. The van der Waals surface area contributed by atoms with Gasteiger partial charge in [-0.15, -0.1) is 11.3 Å². The van der Waals surface area contributed by atoms with E-state index in [4.69, 9.17) is 14.2 Å². The summed E-state index contributed by atoms with van der Waals surface area (Å²) in [6.45, 7) is 2.17. The second-order valence-corrected chi connectivity index (χ2v) is 9.05. The van der Waals surface area contributed by atoms with E-state index in [1.165, 1.54) is 46.0 Å². The molecule has 2 aromatic rings. The Morgan fingerprint density at radius 1 is 1.00 bits per heavy atom. The molecule has 6 heteroatoms. The maximum absolute atomic E-state index is 6.04. The molecule has 0 saturated carbocycles. The van der Waals surface area contributed by atoms with E-state index in [0.29, 0.717) is 18.5 Å². The van der Waals surface area contributed by atoms with Gasteiger partial charge >= 0.3 is 0 Å². The minimum atomic E-state index is -0.271. The molecule has 2 aromatic heterocycles. The largest absolute Gasteiger partial charge is 0.372 e. The number of rotatable bonds is 4. The highest BCUT2D eigenvalue weighted by molar-refractivity contribution is 7.99. The molecule has 0 amide bonds. The molecule has 0 aromatic carbocycles. The predicted octanol–water partition coefficient (Wildman–Crippen LogP) is 5.21. The highest BCUT2D eigenvalue weighted by Gasteiger charge is 2.36. The van der Waals surface area contributed by atoms with E-state index in [1.807, 2.05) is 0 Å². The van der Waals surface area contributed by atoms with Crippen LogP contribution in [0.2, 0.25) is 0 Å². The van der Waals surface area contributed by atoms with Gasteiger partial charge in [0.25, 0.3) is 0 Å². The molecular formula is C19H23NO3S2. The molecule has 0 radical (unpaired) electrons. The fourth-order valence-electron chi connectivity index (χ4n) is 4.12. The van der Waals surface area contributed by atoms with Crippen LogP contribution in [-0.4, -0.2) is 30.6 Å². The summed E-state index contributed by atoms with van der Waals surface area (Å²) in [7, 11) is 0. The molecule has 3 saturated heterocycles. The molecule has 0 spiro atoms. The summed E-state index contributed by atoms with van der Waals surface area (Å²) in [6.07, 6.45) is 4.59. The lowest BCUT2D eigenvalue weighted by Crippen LogP contribution is -2.06. The number of aromatic amines is 1. The lowest BCUT2D eigenvalue weighted by molar-refractivity contribution is -0.0458. The monoisotopic (exact) mass is 377 g/mol. The molecule has 3 fully saturated rings. The van der Waals surface area contributed by atoms with Crippen molar-refractivity contribution in [2.75, 3.05) is 25.6 Å². The van der Waals surface area contributed by atoms with Gasteiger partial charge in [0.15, 0.2) is 6.29 Å². The lowest BCUT2D eigenvalue weighted by atomic mass is 10.0. The molecule has 134 valence electrons. The Kier molecular flexibility index (Phi) is 4.64. The highest BCUT2D eigenvalue weighted by atomic mass is 32.2. The van der Waals surface area contributed by atoms with Crippen LogP contribution in [0.3, 0.4) is 0 Å². The van der Waals surface area contributed by atoms with Crippen molar-refractivity contribution < 1.29 is 14.2 Å². The Hall–Kier alpha value is -0.790. The van der Waals surface area contributed by atoms with Crippen molar-refractivity contribution in [3.63, 3.8) is 0 Å². The molecule has 4 nitrogen and oxygen atoms in total. The van der Waals surface area contributed by atoms with Crippen molar-refractivity contribution in [2.24, 2.45) is 0 Å². The van der Waals surface area contributed by atoms with Crippen LogP contribution in [0, 0.1) is 0 Å². The second kappa shape index (κ2) is 7.08. The van der Waals surface area contributed by atoms with Crippen LogP contribution in [0.1, 0.15) is 60.3 Å². The van der Waals surface area contributed by atoms with Crippen LogP contribution in [0.25, 0.3) is 10.4 Å². The van der Waals surface area contributed by atoms with Gasteiger partial charge in [0.05, 0.1) is 25.0 Å². The summed E-state index contributed by atoms with van der Waals surface area (Å²) < 4.78 is 17.9. The second-order valence-electron chi connectivity index (χ2n) is 6.80.